The molecular weight excluding hydrogens is 408 g/mol. The van der Waals surface area contributed by atoms with Gasteiger partial charge in [-0.3, -0.25) is 9.59 Å². The second-order valence-electron chi connectivity index (χ2n) is 7.53. The van der Waals surface area contributed by atoms with Crippen molar-refractivity contribution in [3.8, 4) is 17.2 Å². The van der Waals surface area contributed by atoms with Gasteiger partial charge in [-0.25, -0.2) is 0 Å². The third-order valence-electron chi connectivity index (χ3n) is 5.57. The predicted molar refractivity (Wildman–Crippen MR) is 122 cm³/mol. The van der Waals surface area contributed by atoms with Gasteiger partial charge in [0.2, 0.25) is 5.91 Å². The summed E-state index contributed by atoms with van der Waals surface area (Å²) < 4.78 is 11.7. The number of amides is 1. The van der Waals surface area contributed by atoms with Crippen molar-refractivity contribution in [2.24, 2.45) is 0 Å². The van der Waals surface area contributed by atoms with Gasteiger partial charge in [0, 0.05) is 32.2 Å². The van der Waals surface area contributed by atoms with Gasteiger partial charge < -0.3 is 19.3 Å². The molecule has 0 atom stereocenters. The Hall–Kier alpha value is -3.81. The Morgan fingerprint density at radius 2 is 1.44 bits per heavy atom. The van der Waals surface area contributed by atoms with Crippen LogP contribution in [-0.4, -0.2) is 61.0 Å². The largest absolute Gasteiger partial charge is 0.497 e. The molecule has 1 saturated heterocycles. The van der Waals surface area contributed by atoms with E-state index in [1.54, 1.807) is 44.6 Å². The van der Waals surface area contributed by atoms with Crippen LogP contribution in [0.15, 0.2) is 65.5 Å². The van der Waals surface area contributed by atoms with E-state index in [4.69, 9.17) is 9.47 Å². The van der Waals surface area contributed by atoms with E-state index in [1.165, 1.54) is 10.7 Å². The number of anilines is 1. The smallest absolute Gasteiger partial charge is 0.271 e. The molecule has 3 aromatic rings. The lowest BCUT2D eigenvalue weighted by Crippen LogP contribution is -2.49. The van der Waals surface area contributed by atoms with Crippen LogP contribution in [0.25, 0.3) is 5.69 Å². The molecule has 2 heterocycles. The van der Waals surface area contributed by atoms with Crippen LogP contribution in [0.3, 0.4) is 0 Å². The van der Waals surface area contributed by atoms with Crippen molar-refractivity contribution in [1.29, 1.82) is 0 Å². The van der Waals surface area contributed by atoms with Gasteiger partial charge in [0.1, 0.15) is 17.3 Å². The van der Waals surface area contributed by atoms with Gasteiger partial charge >= 0.3 is 0 Å². The maximum absolute atomic E-state index is 12.7. The zero-order chi connectivity index (χ0) is 22.5. The minimum atomic E-state index is -0.202. The highest BCUT2D eigenvalue weighted by atomic mass is 16.5. The Kier molecular flexibility index (Phi) is 6.39. The average Bonchev–Trinajstić information content (AvgIpc) is 2.85. The van der Waals surface area contributed by atoms with Crippen LogP contribution in [0.5, 0.6) is 11.5 Å². The number of benzene rings is 2. The zero-order valence-corrected chi connectivity index (χ0v) is 18.2. The highest BCUT2D eigenvalue weighted by Gasteiger charge is 2.22. The van der Waals surface area contributed by atoms with Crippen molar-refractivity contribution in [1.82, 2.24) is 14.7 Å². The van der Waals surface area contributed by atoms with Crippen LogP contribution in [0.1, 0.15) is 5.56 Å². The number of hydrogen-bond acceptors (Lipinski definition) is 6. The maximum atomic E-state index is 12.7. The first-order chi connectivity index (χ1) is 15.6. The second-order valence-corrected chi connectivity index (χ2v) is 7.53. The number of ether oxygens (including phenoxy) is 2. The first kappa shape index (κ1) is 21.4. The summed E-state index contributed by atoms with van der Waals surface area (Å²) in [5, 5.41) is 4.55. The maximum Gasteiger partial charge on any atom is 0.271 e. The van der Waals surface area contributed by atoms with Gasteiger partial charge in [0.25, 0.3) is 5.56 Å². The van der Waals surface area contributed by atoms with Crippen LogP contribution in [0.2, 0.25) is 0 Å². The lowest BCUT2D eigenvalue weighted by atomic mass is 10.1. The predicted octanol–water partition coefficient (Wildman–Crippen LogP) is 2.14. The molecule has 0 saturated carbocycles. The van der Waals surface area contributed by atoms with E-state index in [0.717, 1.165) is 11.3 Å². The molecule has 0 aliphatic carbocycles. The molecule has 1 aliphatic heterocycles. The van der Waals surface area contributed by atoms with E-state index < -0.39 is 0 Å². The van der Waals surface area contributed by atoms with E-state index in [2.05, 4.69) is 10.00 Å². The van der Waals surface area contributed by atoms with Crippen molar-refractivity contribution in [3.63, 3.8) is 0 Å². The van der Waals surface area contributed by atoms with Crippen molar-refractivity contribution in [2.75, 3.05) is 45.3 Å². The number of nitrogens with zero attached hydrogens (tertiary/aromatic N) is 4. The van der Waals surface area contributed by atoms with Crippen LogP contribution in [-0.2, 0) is 11.2 Å². The Labute approximate surface area is 186 Å². The van der Waals surface area contributed by atoms with Crippen molar-refractivity contribution in [2.45, 2.75) is 6.42 Å². The molecule has 4 rings (SSSR count). The number of piperazine rings is 1. The van der Waals surface area contributed by atoms with Gasteiger partial charge in [0.15, 0.2) is 0 Å². The number of aromatic nitrogens is 2. The van der Waals surface area contributed by atoms with Crippen LogP contribution in [0, 0.1) is 0 Å². The van der Waals surface area contributed by atoms with E-state index >= 15 is 0 Å². The van der Waals surface area contributed by atoms with Gasteiger partial charge in [-0.2, -0.15) is 4.68 Å². The lowest BCUT2D eigenvalue weighted by Gasteiger charge is -2.35. The topological polar surface area (TPSA) is 76.9 Å². The summed E-state index contributed by atoms with van der Waals surface area (Å²) in [6.07, 6.45) is 0.366. The molecule has 0 N–H and O–H groups in total. The lowest BCUT2D eigenvalue weighted by molar-refractivity contribution is -0.130. The zero-order valence-electron chi connectivity index (χ0n) is 18.2. The van der Waals surface area contributed by atoms with Crippen LogP contribution in [0.4, 0.5) is 5.82 Å². The third kappa shape index (κ3) is 4.74. The van der Waals surface area contributed by atoms with E-state index in [9.17, 15) is 9.59 Å². The van der Waals surface area contributed by atoms with E-state index in [0.29, 0.717) is 49.9 Å². The molecule has 2 aromatic carbocycles. The summed E-state index contributed by atoms with van der Waals surface area (Å²) in [4.78, 5) is 29.0. The van der Waals surface area contributed by atoms with E-state index in [-0.39, 0.29) is 11.5 Å². The number of hydrogen-bond donors (Lipinski definition) is 0. The molecule has 1 amide bonds. The van der Waals surface area contributed by atoms with Gasteiger partial charge in [-0.1, -0.05) is 12.1 Å². The second kappa shape index (κ2) is 9.55. The monoisotopic (exact) mass is 434 g/mol. The van der Waals surface area contributed by atoms with Crippen molar-refractivity contribution in [3.05, 3.63) is 76.6 Å². The SMILES string of the molecule is COc1ccc(CC(=O)N2CCN(c3ccc(=O)n(-c4ccc(OC)cc4)n3)CC2)cc1. The van der Waals surface area contributed by atoms with Gasteiger partial charge in [0.05, 0.1) is 26.3 Å². The summed E-state index contributed by atoms with van der Waals surface area (Å²) >= 11 is 0. The number of rotatable bonds is 6. The number of carbonyl (C=O) groups excluding carboxylic acids is 1. The minimum Gasteiger partial charge on any atom is -0.497 e. The van der Waals surface area contributed by atoms with Crippen LogP contribution < -0.4 is 19.9 Å². The average molecular weight is 434 g/mol. The fraction of sp³-hybridized carbons (Fsp3) is 0.292. The molecule has 0 bridgehead atoms. The van der Waals surface area contributed by atoms with Gasteiger partial charge in [-0.15, -0.1) is 5.10 Å². The first-order valence-corrected chi connectivity index (χ1v) is 10.5. The molecule has 1 fully saturated rings. The molecular formula is C24H26N4O4. The highest BCUT2D eigenvalue weighted by Crippen LogP contribution is 2.17. The fourth-order valence-corrected chi connectivity index (χ4v) is 3.69. The molecule has 0 unspecified atom stereocenters. The minimum absolute atomic E-state index is 0.103. The Morgan fingerprint density at radius 1 is 0.844 bits per heavy atom. The quantitative estimate of drug-likeness (QED) is 0.592. The molecule has 0 spiro atoms. The molecule has 32 heavy (non-hydrogen) atoms. The fourth-order valence-electron chi connectivity index (χ4n) is 3.69. The standard InChI is InChI=1S/C24H26N4O4/c1-31-20-7-3-18(4-8-20)17-24(30)27-15-13-26(14-16-27)22-11-12-23(29)28(25-22)19-5-9-21(32-2)10-6-19/h3-12H,13-17H2,1-2H3. The van der Waals surface area contributed by atoms with Crippen molar-refractivity contribution >= 4 is 11.7 Å². The normalized spacial score (nSPS) is 13.7. The molecule has 166 valence electrons. The molecule has 1 aromatic heterocycles. The molecule has 0 radical (unpaired) electrons. The number of carbonyl (C=O) groups is 1. The number of methoxy groups -OCH3 is 2. The summed E-state index contributed by atoms with van der Waals surface area (Å²) in [6.45, 7) is 2.53. The van der Waals surface area contributed by atoms with Crippen LogP contribution >= 0.6 is 0 Å². The van der Waals surface area contributed by atoms with Gasteiger partial charge in [-0.05, 0) is 48.0 Å². The Balaban J connectivity index is 1.40. The molecule has 8 nitrogen and oxygen atoms in total. The summed E-state index contributed by atoms with van der Waals surface area (Å²) in [5.74, 6) is 2.31. The Morgan fingerprint density at radius 3 is 2.03 bits per heavy atom. The molecule has 1 aliphatic rings. The summed E-state index contributed by atoms with van der Waals surface area (Å²) in [6, 6.07) is 18.0. The highest BCUT2D eigenvalue weighted by molar-refractivity contribution is 5.79. The van der Waals surface area contributed by atoms with E-state index in [1.807, 2.05) is 29.2 Å². The third-order valence-corrected chi connectivity index (χ3v) is 5.57. The first-order valence-electron chi connectivity index (χ1n) is 10.5. The summed E-state index contributed by atoms with van der Waals surface area (Å²) in [7, 11) is 3.22. The Bertz CT molecular complexity index is 1120. The molecule has 8 heteroatoms. The summed E-state index contributed by atoms with van der Waals surface area (Å²) in [5.41, 5.74) is 1.43. The van der Waals surface area contributed by atoms with Crippen molar-refractivity contribution < 1.29 is 14.3 Å².